The molecule has 3 heterocycles. The fourth-order valence-corrected chi connectivity index (χ4v) is 2.25. The highest BCUT2D eigenvalue weighted by molar-refractivity contribution is 5.69. The third-order valence-corrected chi connectivity index (χ3v) is 2.98. The summed E-state index contributed by atoms with van der Waals surface area (Å²) in [6.07, 6.45) is 2.14. The van der Waals surface area contributed by atoms with Gasteiger partial charge in [0.1, 0.15) is 5.60 Å². The van der Waals surface area contributed by atoms with Gasteiger partial charge in [-0.15, -0.1) is 0 Å². The van der Waals surface area contributed by atoms with E-state index in [9.17, 15) is 4.79 Å². The lowest BCUT2D eigenvalue weighted by molar-refractivity contribution is -0.00406. The molecular weight excluding hydrogens is 192 g/mol. The molecule has 0 aromatic heterocycles. The van der Waals surface area contributed by atoms with E-state index >= 15 is 0 Å². The summed E-state index contributed by atoms with van der Waals surface area (Å²) < 4.78 is 5.39. The first-order valence-electron chi connectivity index (χ1n) is 5.69. The molecule has 4 heteroatoms. The Morgan fingerprint density at radius 1 is 1.40 bits per heavy atom. The Balaban J connectivity index is 1.96. The van der Waals surface area contributed by atoms with Gasteiger partial charge in [0.15, 0.2) is 0 Å². The van der Waals surface area contributed by atoms with Crippen molar-refractivity contribution >= 4 is 6.09 Å². The molecule has 86 valence electrons. The lowest BCUT2D eigenvalue weighted by atomic mass is 9.93. The molecular formula is C11H20N2O2. The predicted molar refractivity (Wildman–Crippen MR) is 57.8 cm³/mol. The van der Waals surface area contributed by atoms with Gasteiger partial charge < -0.3 is 15.0 Å². The van der Waals surface area contributed by atoms with E-state index in [1.54, 1.807) is 0 Å². The van der Waals surface area contributed by atoms with Gasteiger partial charge in [-0.2, -0.15) is 0 Å². The molecule has 1 amide bonds. The second-order valence-corrected chi connectivity index (χ2v) is 5.47. The first-order chi connectivity index (χ1) is 6.96. The molecule has 0 saturated carbocycles. The predicted octanol–water partition coefficient (Wildman–Crippen LogP) is 1.36. The van der Waals surface area contributed by atoms with Gasteiger partial charge in [0, 0.05) is 25.2 Å². The van der Waals surface area contributed by atoms with Gasteiger partial charge in [0.05, 0.1) is 0 Å². The highest BCUT2D eigenvalue weighted by Crippen LogP contribution is 2.24. The van der Waals surface area contributed by atoms with Crippen LogP contribution in [0.25, 0.3) is 0 Å². The van der Waals surface area contributed by atoms with E-state index in [0.29, 0.717) is 12.1 Å². The zero-order chi connectivity index (χ0) is 11.1. The first kappa shape index (κ1) is 10.7. The largest absolute Gasteiger partial charge is 0.444 e. The van der Waals surface area contributed by atoms with Crippen molar-refractivity contribution in [2.45, 2.75) is 51.3 Å². The molecule has 2 atom stereocenters. The van der Waals surface area contributed by atoms with Crippen molar-refractivity contribution in [3.8, 4) is 0 Å². The first-order valence-corrected chi connectivity index (χ1v) is 5.69. The topological polar surface area (TPSA) is 41.6 Å². The van der Waals surface area contributed by atoms with Crippen molar-refractivity contribution in [1.82, 2.24) is 10.2 Å². The van der Waals surface area contributed by atoms with Crippen LogP contribution in [-0.2, 0) is 4.74 Å². The molecule has 3 aliphatic heterocycles. The van der Waals surface area contributed by atoms with Crippen LogP contribution in [0.4, 0.5) is 4.79 Å². The van der Waals surface area contributed by atoms with Crippen molar-refractivity contribution in [2.75, 3.05) is 13.1 Å². The summed E-state index contributed by atoms with van der Waals surface area (Å²) in [4.78, 5) is 13.8. The van der Waals surface area contributed by atoms with Crippen LogP contribution in [0.15, 0.2) is 0 Å². The van der Waals surface area contributed by atoms with Gasteiger partial charge in [-0.1, -0.05) is 0 Å². The number of carbonyl (C=O) groups excluding carboxylic acids is 1. The van der Waals surface area contributed by atoms with Gasteiger partial charge in [-0.25, -0.2) is 4.79 Å². The van der Waals surface area contributed by atoms with E-state index in [1.807, 2.05) is 25.7 Å². The third kappa shape index (κ3) is 2.43. The van der Waals surface area contributed by atoms with Crippen LogP contribution in [0.2, 0.25) is 0 Å². The lowest BCUT2D eigenvalue weighted by Crippen LogP contribution is -2.62. The number of piperidine rings is 2. The zero-order valence-corrected chi connectivity index (χ0v) is 9.75. The Kier molecular flexibility index (Phi) is 2.63. The summed E-state index contributed by atoms with van der Waals surface area (Å²) in [5, 5.41) is 3.42. The monoisotopic (exact) mass is 212 g/mol. The number of ether oxygens (including phenoxy) is 1. The molecule has 0 aromatic rings. The minimum atomic E-state index is -0.388. The number of hydrogen-bond donors (Lipinski definition) is 1. The van der Waals surface area contributed by atoms with E-state index in [0.717, 1.165) is 19.5 Å². The minimum Gasteiger partial charge on any atom is -0.444 e. The van der Waals surface area contributed by atoms with Crippen molar-refractivity contribution < 1.29 is 9.53 Å². The summed E-state index contributed by atoms with van der Waals surface area (Å²) in [6, 6.07) is 0.812. The second-order valence-electron chi connectivity index (χ2n) is 5.47. The second kappa shape index (κ2) is 3.67. The molecule has 0 radical (unpaired) electrons. The van der Waals surface area contributed by atoms with Gasteiger partial charge >= 0.3 is 6.09 Å². The Bertz CT molecular complexity index is 252. The van der Waals surface area contributed by atoms with Crippen molar-refractivity contribution in [2.24, 2.45) is 0 Å². The van der Waals surface area contributed by atoms with E-state index in [4.69, 9.17) is 4.74 Å². The molecule has 15 heavy (non-hydrogen) atoms. The van der Waals surface area contributed by atoms with Gasteiger partial charge in [-0.3, -0.25) is 0 Å². The van der Waals surface area contributed by atoms with Crippen molar-refractivity contribution in [1.29, 1.82) is 0 Å². The maximum Gasteiger partial charge on any atom is 0.410 e. The molecule has 1 N–H and O–H groups in total. The fraction of sp³-hybridized carbons (Fsp3) is 0.909. The number of rotatable bonds is 0. The standard InChI is InChI=1S/C11H20N2O2/c1-11(2,3)15-10(14)13-7-8-4-5-9(13)6-12-8/h8-9,12H,4-7H2,1-3H3/t8?,9-/m1/s1. The van der Waals surface area contributed by atoms with Gasteiger partial charge in [0.2, 0.25) is 0 Å². The average molecular weight is 212 g/mol. The highest BCUT2D eigenvalue weighted by atomic mass is 16.6. The Morgan fingerprint density at radius 2 is 2.13 bits per heavy atom. The van der Waals surface area contributed by atoms with E-state index in [2.05, 4.69) is 5.32 Å². The van der Waals surface area contributed by atoms with Crippen LogP contribution in [0, 0.1) is 0 Å². The number of nitrogens with zero attached hydrogens (tertiary/aromatic N) is 1. The Hall–Kier alpha value is -0.770. The maximum absolute atomic E-state index is 11.9. The number of piperazine rings is 1. The molecule has 3 rings (SSSR count). The van der Waals surface area contributed by atoms with Crippen LogP contribution in [-0.4, -0.2) is 41.8 Å². The van der Waals surface area contributed by atoms with Crippen LogP contribution in [0.5, 0.6) is 0 Å². The summed E-state index contributed by atoms with van der Waals surface area (Å²) in [5.41, 5.74) is -0.388. The van der Waals surface area contributed by atoms with E-state index in [-0.39, 0.29) is 11.7 Å². The normalized spacial score (nSPS) is 30.5. The van der Waals surface area contributed by atoms with Crippen LogP contribution in [0.3, 0.4) is 0 Å². The molecule has 3 saturated heterocycles. The maximum atomic E-state index is 11.9. The van der Waals surface area contributed by atoms with Crippen molar-refractivity contribution in [3.63, 3.8) is 0 Å². The SMILES string of the molecule is CC(C)(C)OC(=O)N1CC2CC[C@@H]1CN2. The molecule has 2 bridgehead atoms. The zero-order valence-electron chi connectivity index (χ0n) is 9.75. The number of hydrogen-bond acceptors (Lipinski definition) is 3. The number of nitrogens with one attached hydrogen (secondary N) is 1. The number of amides is 1. The Labute approximate surface area is 91.0 Å². The Morgan fingerprint density at radius 3 is 2.53 bits per heavy atom. The lowest BCUT2D eigenvalue weighted by Gasteiger charge is -2.45. The van der Waals surface area contributed by atoms with Crippen LogP contribution < -0.4 is 5.32 Å². The summed E-state index contributed by atoms with van der Waals surface area (Å²) >= 11 is 0. The fourth-order valence-electron chi connectivity index (χ4n) is 2.25. The quantitative estimate of drug-likeness (QED) is 0.659. The van der Waals surface area contributed by atoms with Gasteiger partial charge in [0.25, 0.3) is 0 Å². The molecule has 3 aliphatic rings. The summed E-state index contributed by atoms with van der Waals surface area (Å²) in [6.45, 7) is 7.45. The average Bonchev–Trinajstić information content (AvgIpc) is 2.17. The molecule has 0 spiro atoms. The molecule has 1 unspecified atom stereocenters. The number of carbonyl (C=O) groups is 1. The minimum absolute atomic E-state index is 0.154. The van der Waals surface area contributed by atoms with Crippen LogP contribution in [0.1, 0.15) is 33.6 Å². The third-order valence-electron chi connectivity index (χ3n) is 2.98. The molecule has 0 aromatic carbocycles. The summed E-state index contributed by atoms with van der Waals surface area (Å²) in [7, 11) is 0. The van der Waals surface area contributed by atoms with Gasteiger partial charge in [-0.05, 0) is 33.6 Å². The number of fused-ring (bicyclic) bond motifs is 3. The molecule has 0 aliphatic carbocycles. The molecule has 4 nitrogen and oxygen atoms in total. The van der Waals surface area contributed by atoms with E-state index < -0.39 is 0 Å². The smallest absolute Gasteiger partial charge is 0.410 e. The molecule has 3 fully saturated rings. The highest BCUT2D eigenvalue weighted by Gasteiger charge is 2.37. The van der Waals surface area contributed by atoms with E-state index in [1.165, 1.54) is 6.42 Å². The summed E-state index contributed by atoms with van der Waals surface area (Å²) in [5.74, 6) is 0. The van der Waals surface area contributed by atoms with Crippen LogP contribution >= 0.6 is 0 Å². The van der Waals surface area contributed by atoms with Crippen molar-refractivity contribution in [3.05, 3.63) is 0 Å².